The van der Waals surface area contributed by atoms with Gasteiger partial charge in [0.15, 0.2) is 5.11 Å². The molecule has 1 aromatic carbocycles. The Bertz CT molecular complexity index is 569. The van der Waals surface area contributed by atoms with Gasteiger partial charge in [-0.3, -0.25) is 4.98 Å². The molecule has 3 nitrogen and oxygen atoms in total. The third kappa shape index (κ3) is 4.03. The van der Waals surface area contributed by atoms with Gasteiger partial charge in [0.2, 0.25) is 0 Å². The van der Waals surface area contributed by atoms with Gasteiger partial charge in [0, 0.05) is 31.2 Å². The van der Waals surface area contributed by atoms with E-state index >= 15 is 0 Å². The second-order valence-electron chi connectivity index (χ2n) is 4.67. The van der Waals surface area contributed by atoms with Crippen LogP contribution in [0, 0.1) is 6.92 Å². The Labute approximate surface area is 125 Å². The fraction of sp³-hybridized carbons (Fsp3) is 0.250. The first kappa shape index (κ1) is 14.5. The Balaban J connectivity index is 2.02. The van der Waals surface area contributed by atoms with Gasteiger partial charge in [-0.1, -0.05) is 12.1 Å². The van der Waals surface area contributed by atoms with Crippen LogP contribution in [0.5, 0.6) is 0 Å². The molecule has 0 aliphatic carbocycles. The Morgan fingerprint density at radius 3 is 2.65 bits per heavy atom. The summed E-state index contributed by atoms with van der Waals surface area (Å²) in [5.74, 6) is 0. The number of nitrogens with zero attached hydrogens (tertiary/aromatic N) is 2. The zero-order chi connectivity index (χ0) is 14.4. The minimum atomic E-state index is 0.745. The van der Waals surface area contributed by atoms with E-state index in [1.807, 2.05) is 24.3 Å². The standard InChI is InChI=1S/C16H19N3S/c1-3-19(12-14-7-9-17-10-8-14)16(20)18-15-6-4-5-13(2)11-15/h4-11H,3,12H2,1-2H3,(H,18,20). The van der Waals surface area contributed by atoms with Crippen molar-refractivity contribution in [2.24, 2.45) is 0 Å². The highest BCUT2D eigenvalue weighted by Crippen LogP contribution is 2.12. The summed E-state index contributed by atoms with van der Waals surface area (Å²) in [5, 5.41) is 4.04. The summed E-state index contributed by atoms with van der Waals surface area (Å²) in [6, 6.07) is 12.2. The van der Waals surface area contributed by atoms with E-state index in [2.05, 4.69) is 41.2 Å². The van der Waals surface area contributed by atoms with Crippen LogP contribution in [0.15, 0.2) is 48.8 Å². The predicted molar refractivity (Wildman–Crippen MR) is 87.7 cm³/mol. The highest BCUT2D eigenvalue weighted by atomic mass is 32.1. The molecule has 0 bridgehead atoms. The van der Waals surface area contributed by atoms with E-state index in [4.69, 9.17) is 12.2 Å². The molecular weight excluding hydrogens is 266 g/mol. The lowest BCUT2D eigenvalue weighted by Gasteiger charge is -2.24. The molecule has 2 aromatic rings. The van der Waals surface area contributed by atoms with Crippen molar-refractivity contribution in [3.63, 3.8) is 0 Å². The normalized spacial score (nSPS) is 10.1. The van der Waals surface area contributed by atoms with Crippen LogP contribution in [0.2, 0.25) is 0 Å². The number of hydrogen-bond donors (Lipinski definition) is 1. The first-order valence-corrected chi connectivity index (χ1v) is 7.11. The largest absolute Gasteiger partial charge is 0.345 e. The summed E-state index contributed by atoms with van der Waals surface area (Å²) in [4.78, 5) is 6.17. The number of aryl methyl sites for hydroxylation is 1. The van der Waals surface area contributed by atoms with Crippen molar-refractivity contribution in [2.45, 2.75) is 20.4 Å². The zero-order valence-electron chi connectivity index (χ0n) is 11.8. The third-order valence-electron chi connectivity index (χ3n) is 3.06. The zero-order valence-corrected chi connectivity index (χ0v) is 12.7. The van der Waals surface area contributed by atoms with Gasteiger partial charge in [-0.05, 0) is 61.5 Å². The third-order valence-corrected chi connectivity index (χ3v) is 3.42. The van der Waals surface area contributed by atoms with Crippen LogP contribution in [0.3, 0.4) is 0 Å². The molecule has 4 heteroatoms. The molecule has 1 aromatic heterocycles. The molecule has 1 N–H and O–H groups in total. The van der Waals surface area contributed by atoms with Gasteiger partial charge >= 0.3 is 0 Å². The van der Waals surface area contributed by atoms with Crippen LogP contribution in [0.1, 0.15) is 18.1 Å². The summed E-state index contributed by atoms with van der Waals surface area (Å²) in [6.45, 7) is 5.82. The predicted octanol–water partition coefficient (Wildman–Crippen LogP) is 3.61. The topological polar surface area (TPSA) is 28.2 Å². The van der Waals surface area contributed by atoms with E-state index in [1.165, 1.54) is 11.1 Å². The van der Waals surface area contributed by atoms with Crippen molar-refractivity contribution in [3.05, 3.63) is 59.9 Å². The molecule has 0 aliphatic heterocycles. The number of benzene rings is 1. The smallest absolute Gasteiger partial charge is 0.173 e. The molecule has 0 saturated carbocycles. The molecule has 104 valence electrons. The van der Waals surface area contributed by atoms with E-state index in [-0.39, 0.29) is 0 Å². The average Bonchev–Trinajstić information content (AvgIpc) is 2.45. The van der Waals surface area contributed by atoms with Gasteiger partial charge in [0.25, 0.3) is 0 Å². The van der Waals surface area contributed by atoms with Crippen molar-refractivity contribution in [3.8, 4) is 0 Å². The van der Waals surface area contributed by atoms with Crippen LogP contribution in [-0.2, 0) is 6.54 Å². The Kier molecular flexibility index (Phi) is 5.07. The Hall–Kier alpha value is -1.94. The van der Waals surface area contributed by atoms with E-state index in [9.17, 15) is 0 Å². The van der Waals surface area contributed by atoms with Gasteiger partial charge in [-0.25, -0.2) is 0 Å². The summed E-state index contributed by atoms with van der Waals surface area (Å²) < 4.78 is 0. The van der Waals surface area contributed by atoms with Crippen LogP contribution >= 0.6 is 12.2 Å². The van der Waals surface area contributed by atoms with Crippen LogP contribution < -0.4 is 5.32 Å². The monoisotopic (exact) mass is 285 g/mol. The number of hydrogen-bond acceptors (Lipinski definition) is 2. The number of thiocarbonyl (C=S) groups is 1. The van der Waals surface area contributed by atoms with E-state index in [0.717, 1.165) is 23.9 Å². The molecule has 0 atom stereocenters. The summed E-state index contributed by atoms with van der Waals surface area (Å²) in [5.41, 5.74) is 3.45. The molecule has 0 saturated heterocycles. The summed E-state index contributed by atoms with van der Waals surface area (Å²) >= 11 is 5.50. The fourth-order valence-corrected chi connectivity index (χ4v) is 2.27. The molecule has 0 amide bonds. The molecular formula is C16H19N3S. The summed E-state index contributed by atoms with van der Waals surface area (Å²) in [7, 11) is 0. The molecule has 2 rings (SSSR count). The maximum Gasteiger partial charge on any atom is 0.173 e. The number of aromatic nitrogens is 1. The maximum atomic E-state index is 5.50. The quantitative estimate of drug-likeness (QED) is 0.869. The molecule has 0 fully saturated rings. The Morgan fingerprint density at radius 1 is 1.25 bits per heavy atom. The molecule has 0 spiro atoms. The molecule has 1 heterocycles. The number of anilines is 1. The number of rotatable bonds is 4. The highest BCUT2D eigenvalue weighted by molar-refractivity contribution is 7.80. The number of nitrogens with one attached hydrogen (secondary N) is 1. The lowest BCUT2D eigenvalue weighted by Crippen LogP contribution is -2.34. The van der Waals surface area contributed by atoms with Crippen molar-refractivity contribution in [1.82, 2.24) is 9.88 Å². The molecule has 0 radical (unpaired) electrons. The van der Waals surface area contributed by atoms with Crippen LogP contribution in [-0.4, -0.2) is 21.5 Å². The van der Waals surface area contributed by atoms with Gasteiger partial charge in [-0.15, -0.1) is 0 Å². The van der Waals surface area contributed by atoms with E-state index in [0.29, 0.717) is 0 Å². The average molecular weight is 285 g/mol. The maximum absolute atomic E-state index is 5.50. The molecule has 0 aliphatic rings. The van der Waals surface area contributed by atoms with E-state index in [1.54, 1.807) is 12.4 Å². The van der Waals surface area contributed by atoms with E-state index < -0.39 is 0 Å². The van der Waals surface area contributed by atoms with Crippen molar-refractivity contribution in [1.29, 1.82) is 0 Å². The SMILES string of the molecule is CCN(Cc1ccncc1)C(=S)Nc1cccc(C)c1. The number of pyridine rings is 1. The minimum Gasteiger partial charge on any atom is -0.345 e. The first-order valence-electron chi connectivity index (χ1n) is 6.70. The van der Waals surface area contributed by atoms with Crippen molar-refractivity contribution >= 4 is 23.0 Å². The lowest BCUT2D eigenvalue weighted by atomic mass is 10.2. The van der Waals surface area contributed by atoms with Crippen molar-refractivity contribution < 1.29 is 0 Å². The first-order chi connectivity index (χ1) is 9.69. The molecule has 0 unspecified atom stereocenters. The van der Waals surface area contributed by atoms with Gasteiger partial charge in [0.1, 0.15) is 0 Å². The van der Waals surface area contributed by atoms with Gasteiger partial charge < -0.3 is 10.2 Å². The Morgan fingerprint density at radius 2 is 2.00 bits per heavy atom. The second kappa shape index (κ2) is 7.01. The minimum absolute atomic E-state index is 0.745. The van der Waals surface area contributed by atoms with Gasteiger partial charge in [0.05, 0.1) is 0 Å². The summed E-state index contributed by atoms with van der Waals surface area (Å²) in [6.07, 6.45) is 3.61. The second-order valence-corrected chi connectivity index (χ2v) is 5.06. The highest BCUT2D eigenvalue weighted by Gasteiger charge is 2.08. The van der Waals surface area contributed by atoms with Crippen molar-refractivity contribution in [2.75, 3.05) is 11.9 Å². The van der Waals surface area contributed by atoms with Crippen LogP contribution in [0.4, 0.5) is 5.69 Å². The van der Waals surface area contributed by atoms with Crippen LogP contribution in [0.25, 0.3) is 0 Å². The molecule has 20 heavy (non-hydrogen) atoms. The van der Waals surface area contributed by atoms with Gasteiger partial charge in [-0.2, -0.15) is 0 Å². The lowest BCUT2D eigenvalue weighted by molar-refractivity contribution is 0.442. The fourth-order valence-electron chi connectivity index (χ4n) is 1.96.